The highest BCUT2D eigenvalue weighted by atomic mass is 32.1. The topological polar surface area (TPSA) is 54.9 Å². The van der Waals surface area contributed by atoms with Crippen LogP contribution in [0.4, 0.5) is 4.39 Å². The van der Waals surface area contributed by atoms with E-state index in [-0.39, 0.29) is 18.1 Å². The number of hydrogen-bond donors (Lipinski definition) is 1. The molecule has 1 amide bonds. The van der Waals surface area contributed by atoms with Gasteiger partial charge in [0.05, 0.1) is 17.8 Å². The molecule has 1 N–H and O–H groups in total. The predicted octanol–water partition coefficient (Wildman–Crippen LogP) is 3.51. The molecule has 6 heteroatoms. The van der Waals surface area contributed by atoms with Gasteiger partial charge < -0.3 is 5.32 Å². The zero-order chi connectivity index (χ0) is 16.9. The van der Waals surface area contributed by atoms with Crippen LogP contribution in [-0.2, 0) is 17.8 Å². The Bertz CT molecular complexity index is 848. The van der Waals surface area contributed by atoms with Gasteiger partial charge in [0.2, 0.25) is 5.91 Å². The monoisotopic (exact) mass is 341 g/mol. The van der Waals surface area contributed by atoms with Crippen LogP contribution in [0.15, 0.2) is 48.0 Å². The molecular weight excluding hydrogens is 325 g/mol. The largest absolute Gasteiger partial charge is 0.352 e. The van der Waals surface area contributed by atoms with Crippen LogP contribution in [0.1, 0.15) is 16.8 Å². The summed E-state index contributed by atoms with van der Waals surface area (Å²) >= 11 is 1.46. The van der Waals surface area contributed by atoms with Gasteiger partial charge in [-0.3, -0.25) is 9.78 Å². The van der Waals surface area contributed by atoms with Gasteiger partial charge in [-0.1, -0.05) is 18.2 Å². The van der Waals surface area contributed by atoms with E-state index in [0.29, 0.717) is 17.8 Å². The van der Waals surface area contributed by atoms with Gasteiger partial charge in [0.25, 0.3) is 0 Å². The summed E-state index contributed by atoms with van der Waals surface area (Å²) in [6.07, 6.45) is 1.90. The molecule has 0 spiro atoms. The van der Waals surface area contributed by atoms with Crippen molar-refractivity contribution < 1.29 is 9.18 Å². The van der Waals surface area contributed by atoms with Gasteiger partial charge in [-0.15, -0.1) is 11.3 Å². The number of carbonyl (C=O) groups excluding carboxylic acids is 1. The van der Waals surface area contributed by atoms with Crippen molar-refractivity contribution in [3.8, 4) is 10.7 Å². The SMILES string of the molecule is Cc1ccc(CNC(=O)Cc2csc(-c3ccccn3)n2)cc1F. The quantitative estimate of drug-likeness (QED) is 0.773. The Morgan fingerprint density at radius 3 is 2.92 bits per heavy atom. The van der Waals surface area contributed by atoms with Gasteiger partial charge in [0, 0.05) is 18.1 Å². The lowest BCUT2D eigenvalue weighted by molar-refractivity contribution is -0.120. The summed E-state index contributed by atoms with van der Waals surface area (Å²) in [5.41, 5.74) is 2.83. The van der Waals surface area contributed by atoms with Gasteiger partial charge in [-0.25, -0.2) is 9.37 Å². The second kappa shape index (κ2) is 7.31. The van der Waals surface area contributed by atoms with E-state index in [0.717, 1.165) is 16.3 Å². The first-order chi connectivity index (χ1) is 11.6. The fourth-order valence-electron chi connectivity index (χ4n) is 2.17. The molecule has 0 aliphatic heterocycles. The number of thiazole rings is 1. The number of aryl methyl sites for hydroxylation is 1. The normalized spacial score (nSPS) is 10.6. The molecule has 2 heterocycles. The minimum Gasteiger partial charge on any atom is -0.352 e. The van der Waals surface area contributed by atoms with Gasteiger partial charge in [-0.05, 0) is 36.2 Å². The minimum absolute atomic E-state index is 0.145. The number of rotatable bonds is 5. The van der Waals surface area contributed by atoms with E-state index in [2.05, 4.69) is 15.3 Å². The fourth-order valence-corrected chi connectivity index (χ4v) is 2.96. The third-order valence-electron chi connectivity index (χ3n) is 3.50. The number of halogens is 1. The Hall–Kier alpha value is -2.60. The van der Waals surface area contributed by atoms with E-state index in [4.69, 9.17) is 0 Å². The molecule has 3 aromatic rings. The summed E-state index contributed by atoms with van der Waals surface area (Å²) in [4.78, 5) is 20.7. The van der Waals surface area contributed by atoms with Gasteiger partial charge in [0.15, 0.2) is 0 Å². The maximum atomic E-state index is 13.5. The summed E-state index contributed by atoms with van der Waals surface area (Å²) in [5, 5.41) is 5.43. The summed E-state index contributed by atoms with van der Waals surface area (Å²) in [5.74, 6) is -0.407. The molecule has 3 rings (SSSR count). The van der Waals surface area contributed by atoms with Crippen molar-refractivity contribution in [2.75, 3.05) is 0 Å². The number of amides is 1. The van der Waals surface area contributed by atoms with Crippen molar-refractivity contribution in [2.24, 2.45) is 0 Å². The maximum Gasteiger partial charge on any atom is 0.226 e. The Morgan fingerprint density at radius 2 is 2.17 bits per heavy atom. The standard InChI is InChI=1S/C18H16FN3OS/c1-12-5-6-13(8-15(12)19)10-21-17(23)9-14-11-24-18(22-14)16-4-2-3-7-20-16/h2-8,11H,9-10H2,1H3,(H,21,23). The highest BCUT2D eigenvalue weighted by Crippen LogP contribution is 2.21. The Balaban J connectivity index is 1.57. The molecule has 0 radical (unpaired) electrons. The lowest BCUT2D eigenvalue weighted by atomic mass is 10.1. The number of nitrogens with one attached hydrogen (secondary N) is 1. The zero-order valence-electron chi connectivity index (χ0n) is 13.1. The molecule has 1 aromatic carbocycles. The number of benzene rings is 1. The van der Waals surface area contributed by atoms with E-state index in [1.54, 1.807) is 25.3 Å². The minimum atomic E-state index is -0.263. The molecular formula is C18H16FN3OS. The van der Waals surface area contributed by atoms with Crippen LogP contribution in [0.25, 0.3) is 10.7 Å². The molecule has 122 valence electrons. The van der Waals surface area contributed by atoms with Crippen LogP contribution in [0.2, 0.25) is 0 Å². The van der Waals surface area contributed by atoms with E-state index >= 15 is 0 Å². The average Bonchev–Trinajstić information content (AvgIpc) is 3.05. The molecule has 24 heavy (non-hydrogen) atoms. The van der Waals surface area contributed by atoms with E-state index in [1.165, 1.54) is 17.4 Å². The predicted molar refractivity (Wildman–Crippen MR) is 92.0 cm³/mol. The first kappa shape index (κ1) is 16.3. The number of hydrogen-bond acceptors (Lipinski definition) is 4. The van der Waals surface area contributed by atoms with Crippen molar-refractivity contribution in [3.63, 3.8) is 0 Å². The maximum absolute atomic E-state index is 13.5. The lowest BCUT2D eigenvalue weighted by Gasteiger charge is -2.05. The molecule has 0 unspecified atom stereocenters. The Labute approximate surface area is 143 Å². The number of carbonyl (C=O) groups is 1. The smallest absolute Gasteiger partial charge is 0.226 e. The van der Waals surface area contributed by atoms with Crippen molar-refractivity contribution in [1.82, 2.24) is 15.3 Å². The molecule has 4 nitrogen and oxygen atoms in total. The van der Waals surface area contributed by atoms with Crippen molar-refractivity contribution in [1.29, 1.82) is 0 Å². The summed E-state index contributed by atoms with van der Waals surface area (Å²) in [6.45, 7) is 2.01. The van der Waals surface area contributed by atoms with E-state index in [9.17, 15) is 9.18 Å². The third kappa shape index (κ3) is 4.02. The van der Waals surface area contributed by atoms with Crippen molar-refractivity contribution in [3.05, 3.63) is 70.6 Å². The van der Waals surface area contributed by atoms with Crippen molar-refractivity contribution >= 4 is 17.2 Å². The van der Waals surface area contributed by atoms with Gasteiger partial charge in [0.1, 0.15) is 10.8 Å². The Kier molecular flexibility index (Phi) is 4.96. The summed E-state index contributed by atoms with van der Waals surface area (Å²) < 4.78 is 13.5. The molecule has 0 saturated carbocycles. The fraction of sp³-hybridized carbons (Fsp3) is 0.167. The molecule has 0 bridgehead atoms. The van der Waals surface area contributed by atoms with E-state index in [1.807, 2.05) is 23.6 Å². The second-order valence-corrected chi connectivity index (χ2v) is 6.25. The number of pyridine rings is 1. The van der Waals surface area contributed by atoms with E-state index < -0.39 is 0 Å². The second-order valence-electron chi connectivity index (χ2n) is 5.40. The van der Waals surface area contributed by atoms with Gasteiger partial charge in [-0.2, -0.15) is 0 Å². The average molecular weight is 341 g/mol. The first-order valence-corrected chi connectivity index (χ1v) is 8.37. The van der Waals surface area contributed by atoms with Crippen LogP contribution in [-0.4, -0.2) is 15.9 Å². The Morgan fingerprint density at radius 1 is 1.29 bits per heavy atom. The zero-order valence-corrected chi connectivity index (χ0v) is 13.9. The van der Waals surface area contributed by atoms with Crippen LogP contribution >= 0.6 is 11.3 Å². The first-order valence-electron chi connectivity index (χ1n) is 7.49. The highest BCUT2D eigenvalue weighted by molar-refractivity contribution is 7.13. The lowest BCUT2D eigenvalue weighted by Crippen LogP contribution is -2.24. The summed E-state index contributed by atoms with van der Waals surface area (Å²) in [6, 6.07) is 10.6. The molecule has 0 saturated heterocycles. The molecule has 0 atom stereocenters. The van der Waals surface area contributed by atoms with Gasteiger partial charge >= 0.3 is 0 Å². The number of aromatic nitrogens is 2. The number of nitrogens with zero attached hydrogens (tertiary/aromatic N) is 2. The van der Waals surface area contributed by atoms with Crippen LogP contribution in [0.5, 0.6) is 0 Å². The molecule has 2 aromatic heterocycles. The molecule has 0 aliphatic carbocycles. The van der Waals surface area contributed by atoms with Crippen LogP contribution < -0.4 is 5.32 Å². The molecule has 0 aliphatic rings. The van der Waals surface area contributed by atoms with Crippen LogP contribution in [0, 0.1) is 12.7 Å². The van der Waals surface area contributed by atoms with Crippen LogP contribution in [0.3, 0.4) is 0 Å². The molecule has 0 fully saturated rings. The summed E-state index contributed by atoms with van der Waals surface area (Å²) in [7, 11) is 0. The highest BCUT2D eigenvalue weighted by Gasteiger charge is 2.10. The van der Waals surface area contributed by atoms with Crippen molar-refractivity contribution in [2.45, 2.75) is 19.9 Å². The third-order valence-corrected chi connectivity index (χ3v) is 4.42.